The Bertz CT molecular complexity index is 487. The number of hydrogen-bond acceptors (Lipinski definition) is 3. The van der Waals surface area contributed by atoms with Crippen molar-refractivity contribution in [3.05, 3.63) is 22.3 Å². The van der Waals surface area contributed by atoms with E-state index in [9.17, 15) is 4.79 Å². The van der Waals surface area contributed by atoms with E-state index in [1.807, 2.05) is 0 Å². The molecule has 1 aliphatic heterocycles. The molecule has 0 spiro atoms. The minimum Gasteiger partial charge on any atom is -0.365 e. The van der Waals surface area contributed by atoms with Gasteiger partial charge in [0, 0.05) is 12.1 Å². The molecular formula is C13H18BrN3O. The number of nitrogens with two attached hydrogens (primary N) is 1. The normalized spacial score (nSPS) is 22.2. The first-order chi connectivity index (χ1) is 8.34. The second kappa shape index (κ2) is 4.53. The summed E-state index contributed by atoms with van der Waals surface area (Å²) in [5.41, 5.74) is 5.91. The number of pyridine rings is 1. The molecule has 0 bridgehead atoms. The van der Waals surface area contributed by atoms with Crippen LogP contribution in [0.5, 0.6) is 0 Å². The van der Waals surface area contributed by atoms with E-state index in [0.717, 1.165) is 17.6 Å². The zero-order chi connectivity index (χ0) is 13.5. The molecule has 0 aromatic carbocycles. The summed E-state index contributed by atoms with van der Waals surface area (Å²) in [6, 6.07) is 3.48. The van der Waals surface area contributed by atoms with Gasteiger partial charge in [-0.3, -0.25) is 4.79 Å². The molecule has 18 heavy (non-hydrogen) atoms. The number of hydrogen-bond donors (Lipinski definition) is 1. The van der Waals surface area contributed by atoms with E-state index in [-0.39, 0.29) is 5.54 Å². The van der Waals surface area contributed by atoms with Crippen LogP contribution in [0.25, 0.3) is 0 Å². The first-order valence-corrected chi connectivity index (χ1v) is 6.87. The molecule has 2 heterocycles. The Labute approximate surface area is 116 Å². The highest BCUT2D eigenvalue weighted by Crippen LogP contribution is 2.38. The Balaban J connectivity index is 2.51. The molecule has 0 radical (unpaired) electrons. The Hall–Kier alpha value is -1.10. The number of carbonyl (C=O) groups excluding carboxylic acids is 1. The second-order valence-electron chi connectivity index (χ2n) is 5.36. The molecule has 0 aliphatic carbocycles. The van der Waals surface area contributed by atoms with Gasteiger partial charge in [0.2, 0.25) is 0 Å². The van der Waals surface area contributed by atoms with Gasteiger partial charge in [0.25, 0.3) is 5.91 Å². The van der Waals surface area contributed by atoms with E-state index in [1.165, 1.54) is 0 Å². The summed E-state index contributed by atoms with van der Waals surface area (Å²) >= 11 is 3.36. The molecule has 1 aromatic rings. The van der Waals surface area contributed by atoms with Gasteiger partial charge in [-0.05, 0) is 54.2 Å². The number of rotatable bonds is 2. The number of aromatic nitrogens is 1. The molecule has 1 aliphatic rings. The average Bonchev–Trinajstić information content (AvgIpc) is 2.53. The minimum absolute atomic E-state index is 0.0159. The molecule has 1 unspecified atom stereocenters. The van der Waals surface area contributed by atoms with E-state index >= 15 is 0 Å². The molecule has 2 N–H and O–H groups in total. The van der Waals surface area contributed by atoms with E-state index in [4.69, 9.17) is 5.73 Å². The van der Waals surface area contributed by atoms with Gasteiger partial charge in [0.1, 0.15) is 10.4 Å². The van der Waals surface area contributed by atoms with Crippen molar-refractivity contribution in [2.75, 3.05) is 11.4 Å². The summed E-state index contributed by atoms with van der Waals surface area (Å²) in [6.07, 6.45) is 1.10. The van der Waals surface area contributed by atoms with Gasteiger partial charge in [-0.25, -0.2) is 4.98 Å². The van der Waals surface area contributed by atoms with Gasteiger partial charge in [0.15, 0.2) is 0 Å². The molecule has 98 valence electrons. The lowest BCUT2D eigenvalue weighted by Crippen LogP contribution is -2.43. The van der Waals surface area contributed by atoms with Crippen molar-refractivity contribution in [1.82, 2.24) is 4.98 Å². The standard InChI is InChI=1S/C13H18BrN3O/c1-8-6-7-17(13(8,2)3)12-9(11(15)18)4-5-10(14)16-12/h4-5,8H,6-7H2,1-3H3,(H2,15,18). The zero-order valence-corrected chi connectivity index (χ0v) is 12.5. The number of anilines is 1. The second-order valence-corrected chi connectivity index (χ2v) is 6.18. The van der Waals surface area contributed by atoms with Crippen LogP contribution in [-0.2, 0) is 0 Å². The fourth-order valence-corrected chi connectivity index (χ4v) is 2.73. The largest absolute Gasteiger partial charge is 0.365 e. The highest BCUT2D eigenvalue weighted by molar-refractivity contribution is 9.10. The van der Waals surface area contributed by atoms with Crippen molar-refractivity contribution >= 4 is 27.7 Å². The van der Waals surface area contributed by atoms with E-state index in [1.54, 1.807) is 12.1 Å². The highest BCUT2D eigenvalue weighted by atomic mass is 79.9. The summed E-state index contributed by atoms with van der Waals surface area (Å²) in [5, 5.41) is 0. The molecule has 1 fully saturated rings. The van der Waals surface area contributed by atoms with Gasteiger partial charge in [-0.2, -0.15) is 0 Å². The van der Waals surface area contributed by atoms with Gasteiger partial charge in [0.05, 0.1) is 5.56 Å². The maximum Gasteiger partial charge on any atom is 0.252 e. The fourth-order valence-electron chi connectivity index (χ4n) is 2.43. The predicted molar refractivity (Wildman–Crippen MR) is 75.7 cm³/mol. The lowest BCUT2D eigenvalue weighted by molar-refractivity contribution is 0.100. The van der Waals surface area contributed by atoms with Crippen molar-refractivity contribution in [1.29, 1.82) is 0 Å². The Morgan fingerprint density at radius 2 is 2.22 bits per heavy atom. The Morgan fingerprint density at radius 1 is 1.56 bits per heavy atom. The molecule has 4 nitrogen and oxygen atoms in total. The van der Waals surface area contributed by atoms with Crippen molar-refractivity contribution < 1.29 is 4.79 Å². The van der Waals surface area contributed by atoms with Crippen LogP contribution in [0.15, 0.2) is 16.7 Å². The number of primary amides is 1. The van der Waals surface area contributed by atoms with Crippen LogP contribution >= 0.6 is 15.9 Å². The van der Waals surface area contributed by atoms with E-state index in [0.29, 0.717) is 17.3 Å². The molecular weight excluding hydrogens is 294 g/mol. The van der Waals surface area contributed by atoms with Crippen molar-refractivity contribution in [2.24, 2.45) is 11.7 Å². The summed E-state index contributed by atoms with van der Waals surface area (Å²) in [5.74, 6) is 0.811. The zero-order valence-electron chi connectivity index (χ0n) is 10.9. The maximum absolute atomic E-state index is 11.5. The van der Waals surface area contributed by atoms with Crippen LogP contribution in [0.1, 0.15) is 37.6 Å². The lowest BCUT2D eigenvalue weighted by atomic mass is 9.90. The smallest absolute Gasteiger partial charge is 0.252 e. The van der Waals surface area contributed by atoms with E-state index in [2.05, 4.69) is 46.6 Å². The average molecular weight is 312 g/mol. The topological polar surface area (TPSA) is 59.2 Å². The molecule has 0 saturated carbocycles. The number of amides is 1. The Kier molecular flexibility index (Phi) is 3.36. The lowest BCUT2D eigenvalue weighted by Gasteiger charge is -2.36. The third-order valence-electron chi connectivity index (χ3n) is 4.05. The number of carbonyl (C=O) groups is 1. The monoisotopic (exact) mass is 311 g/mol. The van der Waals surface area contributed by atoms with Crippen molar-refractivity contribution in [2.45, 2.75) is 32.7 Å². The summed E-state index contributed by atoms with van der Waals surface area (Å²) < 4.78 is 0.720. The van der Waals surface area contributed by atoms with Crippen LogP contribution in [0.3, 0.4) is 0 Å². The SMILES string of the molecule is CC1CCN(c2nc(Br)ccc2C(N)=O)C1(C)C. The Morgan fingerprint density at radius 3 is 2.72 bits per heavy atom. The van der Waals surface area contributed by atoms with Crippen LogP contribution < -0.4 is 10.6 Å². The quantitative estimate of drug-likeness (QED) is 0.854. The first kappa shape index (κ1) is 13.3. The number of nitrogens with zero attached hydrogens (tertiary/aromatic N) is 2. The molecule has 1 aromatic heterocycles. The van der Waals surface area contributed by atoms with Gasteiger partial charge in [-0.15, -0.1) is 0 Å². The summed E-state index contributed by atoms with van der Waals surface area (Å²) in [6.45, 7) is 7.48. The van der Waals surface area contributed by atoms with Crippen LogP contribution in [0.2, 0.25) is 0 Å². The van der Waals surface area contributed by atoms with E-state index < -0.39 is 5.91 Å². The maximum atomic E-state index is 11.5. The fraction of sp³-hybridized carbons (Fsp3) is 0.538. The summed E-state index contributed by atoms with van der Waals surface area (Å²) in [7, 11) is 0. The molecule has 1 amide bonds. The van der Waals surface area contributed by atoms with Gasteiger partial charge >= 0.3 is 0 Å². The summed E-state index contributed by atoms with van der Waals surface area (Å²) in [4.78, 5) is 18.2. The highest BCUT2D eigenvalue weighted by Gasteiger charge is 2.40. The molecule has 2 rings (SSSR count). The van der Waals surface area contributed by atoms with Gasteiger partial charge < -0.3 is 10.6 Å². The third-order valence-corrected chi connectivity index (χ3v) is 4.49. The predicted octanol–water partition coefficient (Wildman–Crippen LogP) is 2.57. The van der Waals surface area contributed by atoms with Crippen molar-refractivity contribution in [3.8, 4) is 0 Å². The van der Waals surface area contributed by atoms with Crippen molar-refractivity contribution in [3.63, 3.8) is 0 Å². The molecule has 5 heteroatoms. The van der Waals surface area contributed by atoms with Crippen LogP contribution in [0.4, 0.5) is 5.82 Å². The van der Waals surface area contributed by atoms with Gasteiger partial charge in [-0.1, -0.05) is 6.92 Å². The first-order valence-electron chi connectivity index (χ1n) is 6.08. The van der Waals surface area contributed by atoms with Crippen LogP contribution in [0, 0.1) is 5.92 Å². The molecule has 1 atom stereocenters. The number of halogens is 1. The third kappa shape index (κ3) is 2.11. The van der Waals surface area contributed by atoms with Crippen LogP contribution in [-0.4, -0.2) is 23.0 Å². The molecule has 1 saturated heterocycles. The minimum atomic E-state index is -0.430.